The molecule has 1 saturated heterocycles. The number of thiophene rings is 1. The number of rotatable bonds is 9. The van der Waals surface area contributed by atoms with E-state index >= 15 is 0 Å². The zero-order valence-corrected chi connectivity index (χ0v) is 20.2. The molecule has 6 nitrogen and oxygen atoms in total. The number of carbonyl (C=O) groups excluding carboxylic acids is 1. The minimum Gasteiger partial charge on any atom is -0.354 e. The van der Waals surface area contributed by atoms with E-state index in [0.717, 1.165) is 18.0 Å². The Balaban J connectivity index is 1.66. The fourth-order valence-corrected chi connectivity index (χ4v) is 7.15. The number of carbonyl (C=O) groups is 1. The van der Waals surface area contributed by atoms with Crippen LogP contribution in [0, 0.1) is 12.8 Å². The normalized spacial score (nSPS) is 18.8. The van der Waals surface area contributed by atoms with Crippen molar-refractivity contribution in [1.82, 2.24) is 14.5 Å². The Kier molecular flexibility index (Phi) is 8.27. The first-order chi connectivity index (χ1) is 14.9. The highest BCUT2D eigenvalue weighted by Crippen LogP contribution is 2.28. The molecule has 1 aliphatic heterocycles. The van der Waals surface area contributed by atoms with Crippen LogP contribution in [0.25, 0.3) is 0 Å². The quantitative estimate of drug-likeness (QED) is 0.616. The molecule has 1 amide bonds. The number of piperidine rings is 1. The summed E-state index contributed by atoms with van der Waals surface area (Å²) < 4.78 is 27.8. The van der Waals surface area contributed by atoms with Crippen LogP contribution in [0.1, 0.15) is 43.2 Å². The predicted molar refractivity (Wildman–Crippen MR) is 126 cm³/mol. The van der Waals surface area contributed by atoms with Crippen LogP contribution in [0.15, 0.2) is 46.7 Å². The van der Waals surface area contributed by atoms with Crippen LogP contribution in [0.5, 0.6) is 0 Å². The average molecular weight is 464 g/mol. The van der Waals surface area contributed by atoms with Gasteiger partial charge >= 0.3 is 0 Å². The van der Waals surface area contributed by atoms with Crippen molar-refractivity contribution in [2.45, 2.75) is 43.9 Å². The summed E-state index contributed by atoms with van der Waals surface area (Å²) in [4.78, 5) is 16.3. The highest BCUT2D eigenvalue weighted by molar-refractivity contribution is 7.91. The van der Waals surface area contributed by atoms with E-state index < -0.39 is 10.0 Å². The lowest BCUT2D eigenvalue weighted by Crippen LogP contribution is -2.47. The molecule has 1 aromatic carbocycles. The molecule has 1 fully saturated rings. The van der Waals surface area contributed by atoms with Gasteiger partial charge in [-0.3, -0.25) is 9.69 Å². The van der Waals surface area contributed by atoms with Crippen LogP contribution < -0.4 is 5.32 Å². The topological polar surface area (TPSA) is 69.7 Å². The van der Waals surface area contributed by atoms with Crippen molar-refractivity contribution in [2.75, 3.05) is 32.7 Å². The van der Waals surface area contributed by atoms with Crippen molar-refractivity contribution in [3.05, 3.63) is 52.9 Å². The van der Waals surface area contributed by atoms with Crippen LogP contribution in [-0.2, 0) is 14.8 Å². The molecule has 1 aliphatic rings. The second-order valence-electron chi connectivity index (χ2n) is 7.96. The summed E-state index contributed by atoms with van der Waals surface area (Å²) in [5, 5.41) is 3.12. The van der Waals surface area contributed by atoms with Crippen LogP contribution in [0.2, 0.25) is 0 Å². The Hall–Kier alpha value is -1.74. The van der Waals surface area contributed by atoms with Crippen molar-refractivity contribution < 1.29 is 13.2 Å². The van der Waals surface area contributed by atoms with Gasteiger partial charge in [0.05, 0.1) is 12.0 Å². The number of sulfonamides is 1. The van der Waals surface area contributed by atoms with Gasteiger partial charge in [-0.1, -0.05) is 44.2 Å². The third-order valence-electron chi connectivity index (χ3n) is 5.97. The summed E-state index contributed by atoms with van der Waals surface area (Å²) in [6.07, 6.45) is 1.41. The smallest absolute Gasteiger partial charge is 0.252 e. The van der Waals surface area contributed by atoms with Crippen LogP contribution in [0.3, 0.4) is 0 Å². The lowest BCUT2D eigenvalue weighted by atomic mass is 9.98. The summed E-state index contributed by atoms with van der Waals surface area (Å²) in [7, 11) is -3.54. The van der Waals surface area contributed by atoms with Crippen molar-refractivity contribution >= 4 is 27.3 Å². The Labute approximate surface area is 190 Å². The number of aryl methyl sites for hydroxylation is 1. The zero-order valence-electron chi connectivity index (χ0n) is 18.6. The van der Waals surface area contributed by atoms with E-state index in [1.165, 1.54) is 21.2 Å². The molecule has 0 saturated carbocycles. The largest absolute Gasteiger partial charge is 0.354 e. The number of nitrogens with zero attached hydrogens (tertiary/aromatic N) is 2. The monoisotopic (exact) mass is 463 g/mol. The molecule has 8 heteroatoms. The maximum absolute atomic E-state index is 13.0. The van der Waals surface area contributed by atoms with Crippen molar-refractivity contribution in [3.8, 4) is 0 Å². The van der Waals surface area contributed by atoms with Gasteiger partial charge in [0, 0.05) is 24.5 Å². The minimum absolute atomic E-state index is 0.0599. The first-order valence-electron chi connectivity index (χ1n) is 11.0. The molecular weight excluding hydrogens is 430 g/mol. The van der Waals surface area contributed by atoms with Crippen molar-refractivity contribution in [1.29, 1.82) is 0 Å². The molecule has 2 aromatic rings. The second-order valence-corrected chi connectivity index (χ2v) is 11.4. The number of benzene rings is 1. The molecule has 0 aliphatic carbocycles. The van der Waals surface area contributed by atoms with E-state index in [4.69, 9.17) is 0 Å². The van der Waals surface area contributed by atoms with Gasteiger partial charge in [0.15, 0.2) is 0 Å². The summed E-state index contributed by atoms with van der Waals surface area (Å²) in [6.45, 7) is 9.15. The third kappa shape index (κ3) is 5.74. The fraction of sp³-hybridized carbons (Fsp3) is 0.522. The van der Waals surface area contributed by atoms with Crippen molar-refractivity contribution in [2.24, 2.45) is 5.92 Å². The minimum atomic E-state index is -3.54. The van der Waals surface area contributed by atoms with E-state index in [-0.39, 0.29) is 24.4 Å². The number of hydrogen-bond acceptors (Lipinski definition) is 5. The second kappa shape index (κ2) is 10.7. The molecule has 0 spiro atoms. The molecule has 170 valence electrons. The van der Waals surface area contributed by atoms with Crippen LogP contribution >= 0.6 is 11.3 Å². The molecule has 31 heavy (non-hydrogen) atoms. The average Bonchev–Trinajstić information content (AvgIpc) is 3.24. The molecule has 3 rings (SSSR count). The van der Waals surface area contributed by atoms with E-state index in [2.05, 4.69) is 36.2 Å². The Bertz CT molecular complexity index is 955. The summed E-state index contributed by atoms with van der Waals surface area (Å²) in [5.41, 5.74) is 1.17. The molecule has 2 heterocycles. The lowest BCUT2D eigenvalue weighted by Gasteiger charge is -2.33. The van der Waals surface area contributed by atoms with E-state index in [1.807, 2.05) is 31.2 Å². The van der Waals surface area contributed by atoms with Crippen LogP contribution in [-0.4, -0.2) is 56.3 Å². The van der Waals surface area contributed by atoms with E-state index in [0.29, 0.717) is 30.1 Å². The molecular formula is C23H33N3O3S2. The fourth-order valence-electron chi connectivity index (χ4n) is 4.19. The lowest BCUT2D eigenvalue weighted by molar-refractivity contribution is -0.126. The van der Waals surface area contributed by atoms with Gasteiger partial charge in [0.25, 0.3) is 10.0 Å². The summed E-state index contributed by atoms with van der Waals surface area (Å²) in [6, 6.07) is 13.8. The maximum atomic E-state index is 13.0. The molecule has 0 radical (unpaired) electrons. The third-order valence-corrected chi connectivity index (χ3v) is 9.31. The van der Waals surface area contributed by atoms with Gasteiger partial charge in [0.1, 0.15) is 4.21 Å². The van der Waals surface area contributed by atoms with Gasteiger partial charge in [-0.25, -0.2) is 8.42 Å². The molecule has 2 atom stereocenters. The molecule has 1 aromatic heterocycles. The van der Waals surface area contributed by atoms with E-state index in [1.54, 1.807) is 6.07 Å². The van der Waals surface area contributed by atoms with Gasteiger partial charge < -0.3 is 5.32 Å². The highest BCUT2D eigenvalue weighted by Gasteiger charge is 2.34. The number of nitrogens with one attached hydrogen (secondary N) is 1. The standard InChI is InChI=1S/C23H33N3O3S2/c1-4-25(5-2)21(19-10-7-6-8-11-19)16-24-23(27)20-12-9-15-26(17-20)31(28,29)22-14-13-18(3)30-22/h6-8,10-11,13-14,20-21H,4-5,9,12,15-17H2,1-3H3,(H,24,27). The zero-order chi connectivity index (χ0) is 22.4. The Morgan fingerprint density at radius 3 is 2.52 bits per heavy atom. The molecule has 1 N–H and O–H groups in total. The van der Waals surface area contributed by atoms with Crippen molar-refractivity contribution in [3.63, 3.8) is 0 Å². The highest BCUT2D eigenvalue weighted by atomic mass is 32.2. The Morgan fingerprint density at radius 1 is 1.19 bits per heavy atom. The molecule has 0 bridgehead atoms. The summed E-state index contributed by atoms with van der Waals surface area (Å²) >= 11 is 1.28. The predicted octanol–water partition coefficient (Wildman–Crippen LogP) is 3.66. The number of amides is 1. The first kappa shape index (κ1) is 23.9. The Morgan fingerprint density at radius 2 is 1.90 bits per heavy atom. The maximum Gasteiger partial charge on any atom is 0.252 e. The van der Waals surface area contributed by atoms with Crippen LogP contribution in [0.4, 0.5) is 0 Å². The summed E-state index contributed by atoms with van der Waals surface area (Å²) in [5.74, 6) is -0.381. The van der Waals surface area contributed by atoms with Gasteiger partial charge in [0.2, 0.25) is 5.91 Å². The number of hydrogen-bond donors (Lipinski definition) is 1. The number of likely N-dealkylation sites (N-methyl/N-ethyl adjacent to an activating group) is 1. The SMILES string of the molecule is CCN(CC)C(CNC(=O)C1CCCN(S(=O)(=O)c2ccc(C)s2)C1)c1ccccc1. The van der Waals surface area contributed by atoms with Gasteiger partial charge in [-0.05, 0) is 50.6 Å². The van der Waals surface area contributed by atoms with E-state index in [9.17, 15) is 13.2 Å². The molecule has 2 unspecified atom stereocenters. The first-order valence-corrected chi connectivity index (χ1v) is 13.3. The van der Waals surface area contributed by atoms with Gasteiger partial charge in [-0.2, -0.15) is 4.31 Å². The van der Waals surface area contributed by atoms with Gasteiger partial charge in [-0.15, -0.1) is 11.3 Å².